The minimum absolute atomic E-state index is 0. The monoisotopic (exact) mass is 466 g/mol. The van der Waals surface area contributed by atoms with E-state index < -0.39 is 6.10 Å². The maximum Gasteiger partial charge on any atom is 1.00 e. The molecule has 0 saturated carbocycles. The number of aliphatic hydroxyl groups is 1. The topological polar surface area (TPSA) is 87.0 Å². The molecule has 0 spiro atoms. The second-order valence-electron chi connectivity index (χ2n) is 10.1. The molecular weight excluding hydrogens is 423 g/mol. The van der Waals surface area contributed by atoms with Crippen LogP contribution in [0.2, 0.25) is 0 Å². The van der Waals surface area contributed by atoms with E-state index in [0.717, 1.165) is 24.3 Å². The Morgan fingerprint density at radius 2 is 1.29 bits per heavy atom. The van der Waals surface area contributed by atoms with E-state index in [1.54, 1.807) is 25.1 Å². The summed E-state index contributed by atoms with van der Waals surface area (Å²) in [7, 11) is 0. The molecule has 0 aromatic heterocycles. The van der Waals surface area contributed by atoms with Gasteiger partial charge in [-0.3, -0.25) is 4.79 Å². The van der Waals surface area contributed by atoms with Crippen molar-refractivity contribution >= 4 is 6.29 Å². The largest absolute Gasteiger partial charge is 1.00 e. The van der Waals surface area contributed by atoms with Gasteiger partial charge in [0, 0.05) is 18.8 Å². The van der Waals surface area contributed by atoms with Gasteiger partial charge in [0.05, 0.1) is 11.7 Å². The molecule has 5 nitrogen and oxygen atoms in total. The quantitative estimate of drug-likeness (QED) is 0.358. The molecular formula is C28H43LiO5. The fourth-order valence-electron chi connectivity index (χ4n) is 3.28. The van der Waals surface area contributed by atoms with Crippen LogP contribution in [0.15, 0.2) is 36.4 Å². The van der Waals surface area contributed by atoms with E-state index >= 15 is 0 Å². The third kappa shape index (κ3) is 10.7. The minimum atomic E-state index is -0.628. The van der Waals surface area contributed by atoms with Crippen molar-refractivity contribution in [2.75, 3.05) is 13.2 Å². The Morgan fingerprint density at radius 1 is 0.853 bits per heavy atom. The van der Waals surface area contributed by atoms with Gasteiger partial charge in [0.25, 0.3) is 0 Å². The van der Waals surface area contributed by atoms with E-state index in [1.165, 1.54) is 12.8 Å². The molecule has 186 valence electrons. The van der Waals surface area contributed by atoms with Crippen LogP contribution in [0.4, 0.5) is 0 Å². The predicted molar refractivity (Wildman–Crippen MR) is 136 cm³/mol. The van der Waals surface area contributed by atoms with Gasteiger partial charge in [-0.05, 0) is 47.8 Å². The number of phenols is 2. The van der Waals surface area contributed by atoms with E-state index in [4.69, 9.17) is 4.74 Å². The molecule has 2 aromatic rings. The van der Waals surface area contributed by atoms with Crippen LogP contribution in [0.1, 0.15) is 94.5 Å². The summed E-state index contributed by atoms with van der Waals surface area (Å²) in [6.45, 7) is 15.8. The third-order valence-corrected chi connectivity index (χ3v) is 5.15. The molecule has 1 fully saturated rings. The molecule has 1 heterocycles. The Kier molecular flexibility index (Phi) is 15.4. The number of hydrogen-bond acceptors (Lipinski definition) is 5. The molecule has 2 aromatic carbocycles. The number of rotatable bonds is 2. The SMILES string of the molecule is C1CCOC1.CC(C)(C)c1cccc(C=O)c1O.CC(O)c1cccc(C(C)(C)C)c1O.[CH3-].[Li+]. The van der Waals surface area contributed by atoms with Crippen LogP contribution in [0, 0.1) is 7.43 Å². The van der Waals surface area contributed by atoms with Crippen molar-refractivity contribution in [1.29, 1.82) is 0 Å². The normalized spacial score (nSPS) is 13.6. The number of para-hydroxylation sites is 2. The smallest absolute Gasteiger partial charge is 0.507 e. The number of carbonyl (C=O) groups is 1. The molecule has 1 saturated heterocycles. The van der Waals surface area contributed by atoms with Crippen molar-refractivity contribution in [2.24, 2.45) is 0 Å². The zero-order valence-electron chi connectivity index (χ0n) is 22.6. The first kappa shape index (κ1) is 34.4. The number of benzene rings is 2. The third-order valence-electron chi connectivity index (χ3n) is 5.15. The number of ether oxygens (including phenoxy) is 1. The first-order chi connectivity index (χ1) is 14.8. The summed E-state index contributed by atoms with van der Waals surface area (Å²) in [4.78, 5) is 10.5. The summed E-state index contributed by atoms with van der Waals surface area (Å²) in [5.74, 6) is 0.319. The Balaban J connectivity index is 0. The summed E-state index contributed by atoms with van der Waals surface area (Å²) in [6.07, 6.45) is 2.60. The van der Waals surface area contributed by atoms with E-state index in [9.17, 15) is 20.1 Å². The van der Waals surface area contributed by atoms with Crippen LogP contribution in [0.25, 0.3) is 0 Å². The molecule has 34 heavy (non-hydrogen) atoms. The molecule has 3 rings (SSSR count). The summed E-state index contributed by atoms with van der Waals surface area (Å²) in [6, 6.07) is 10.7. The Morgan fingerprint density at radius 3 is 1.65 bits per heavy atom. The van der Waals surface area contributed by atoms with Crippen LogP contribution < -0.4 is 18.9 Å². The Bertz CT molecular complexity index is 852. The zero-order valence-corrected chi connectivity index (χ0v) is 22.6. The van der Waals surface area contributed by atoms with Gasteiger partial charge < -0.3 is 27.5 Å². The molecule has 1 aliphatic rings. The average Bonchev–Trinajstić information content (AvgIpc) is 3.27. The number of phenolic OH excluding ortho intramolecular Hbond substituents is 2. The van der Waals surface area contributed by atoms with Gasteiger partial charge in [-0.25, -0.2) is 0 Å². The van der Waals surface area contributed by atoms with Gasteiger partial charge in [0.2, 0.25) is 0 Å². The van der Waals surface area contributed by atoms with Gasteiger partial charge >= 0.3 is 18.9 Å². The van der Waals surface area contributed by atoms with Crippen LogP contribution >= 0.6 is 0 Å². The van der Waals surface area contributed by atoms with E-state index in [2.05, 4.69) is 0 Å². The molecule has 1 unspecified atom stereocenters. The van der Waals surface area contributed by atoms with Crippen molar-refractivity contribution < 1.29 is 43.7 Å². The fraction of sp³-hybridized carbons (Fsp3) is 0.500. The van der Waals surface area contributed by atoms with Crippen LogP contribution in [0.3, 0.4) is 0 Å². The second kappa shape index (κ2) is 15.3. The molecule has 1 aliphatic heterocycles. The van der Waals surface area contributed by atoms with Crippen molar-refractivity contribution in [3.63, 3.8) is 0 Å². The molecule has 0 amide bonds. The maximum atomic E-state index is 10.5. The Labute approximate surface area is 218 Å². The van der Waals surface area contributed by atoms with E-state index in [-0.39, 0.29) is 48.6 Å². The van der Waals surface area contributed by atoms with Gasteiger partial charge in [-0.2, -0.15) is 0 Å². The van der Waals surface area contributed by atoms with Crippen molar-refractivity contribution in [3.8, 4) is 11.5 Å². The average molecular weight is 467 g/mol. The standard InChI is InChI=1S/C12H18O2.C11H14O2.C4H8O.CH3.Li/c1-8(13)9-6-5-7-10(11(9)14)12(2,3)4;1-11(2,3)9-6-4-5-8(7-12)10(9)13;1-2-4-5-3-1;;/h5-8,13-14H,1-4H3;4-7,13H,1-3H3;1-4H2;1H3;/q;;;-1;+1. The fourth-order valence-corrected chi connectivity index (χ4v) is 3.28. The number of hydrogen-bond donors (Lipinski definition) is 3. The predicted octanol–water partition coefficient (Wildman–Crippen LogP) is 3.50. The number of carbonyl (C=O) groups excluding carboxylic acids is 1. The van der Waals surface area contributed by atoms with Crippen molar-refractivity contribution in [3.05, 3.63) is 66.1 Å². The first-order valence-electron chi connectivity index (χ1n) is 11.2. The Hall–Kier alpha value is -1.77. The van der Waals surface area contributed by atoms with Gasteiger partial charge in [-0.15, -0.1) is 0 Å². The second-order valence-corrected chi connectivity index (χ2v) is 10.1. The maximum absolute atomic E-state index is 10.5. The van der Waals surface area contributed by atoms with Gasteiger partial charge in [0.15, 0.2) is 6.29 Å². The molecule has 0 radical (unpaired) electrons. The summed E-state index contributed by atoms with van der Waals surface area (Å²) < 4.78 is 4.94. The van der Waals surface area contributed by atoms with Crippen LogP contribution in [0.5, 0.6) is 11.5 Å². The molecule has 3 N–H and O–H groups in total. The van der Waals surface area contributed by atoms with Crippen LogP contribution in [-0.2, 0) is 15.6 Å². The van der Waals surface area contributed by atoms with Gasteiger partial charge in [-0.1, -0.05) is 71.9 Å². The summed E-state index contributed by atoms with van der Waals surface area (Å²) >= 11 is 0. The number of aliphatic hydroxyl groups excluding tert-OH is 1. The summed E-state index contributed by atoms with van der Waals surface area (Å²) in [5.41, 5.74) is 2.39. The minimum Gasteiger partial charge on any atom is -0.507 e. The molecule has 6 heteroatoms. The van der Waals surface area contributed by atoms with Crippen molar-refractivity contribution in [2.45, 2.75) is 78.2 Å². The first-order valence-corrected chi connectivity index (χ1v) is 11.2. The van der Waals surface area contributed by atoms with Crippen LogP contribution in [-0.4, -0.2) is 34.8 Å². The molecule has 0 aliphatic carbocycles. The zero-order chi connectivity index (χ0) is 24.5. The molecule has 0 bridgehead atoms. The summed E-state index contributed by atoms with van der Waals surface area (Å²) in [5, 5.41) is 29.1. The van der Waals surface area contributed by atoms with E-state index in [1.807, 2.05) is 59.7 Å². The molecule has 1 atom stereocenters. The van der Waals surface area contributed by atoms with Gasteiger partial charge in [0.1, 0.15) is 11.5 Å². The number of aromatic hydroxyl groups is 2. The van der Waals surface area contributed by atoms with Crippen molar-refractivity contribution in [1.82, 2.24) is 0 Å². The van der Waals surface area contributed by atoms with E-state index in [0.29, 0.717) is 17.4 Å². The number of aldehydes is 1.